The second-order valence-corrected chi connectivity index (χ2v) is 4.94. The maximum Gasteiger partial charge on any atom is 0.189 e. The molecule has 0 aromatic heterocycles. The van der Waals surface area contributed by atoms with Gasteiger partial charge in [-0.1, -0.05) is 60.7 Å². The minimum atomic E-state index is -0.216. The number of guanidine groups is 1. The van der Waals surface area contributed by atoms with Crippen LogP contribution in [0, 0.1) is 0 Å². The first-order chi connectivity index (χ1) is 9.28. The highest BCUT2D eigenvalue weighted by molar-refractivity contribution is 5.81. The van der Waals surface area contributed by atoms with E-state index in [1.54, 1.807) is 0 Å². The Balaban J connectivity index is 1.95. The maximum atomic E-state index is 5.84. The van der Waals surface area contributed by atoms with E-state index in [0.29, 0.717) is 12.5 Å². The number of aliphatic imine (C=N–C) groups is 1. The second-order valence-electron chi connectivity index (χ2n) is 4.94. The third kappa shape index (κ3) is 2.32. The number of nitrogens with zero attached hydrogens (tertiary/aromatic N) is 1. The Hall–Kier alpha value is -2.29. The van der Waals surface area contributed by atoms with Crippen LogP contribution >= 0.6 is 0 Å². The first-order valence-electron chi connectivity index (χ1n) is 6.46. The van der Waals surface area contributed by atoms with Gasteiger partial charge in [-0.2, -0.15) is 0 Å². The van der Waals surface area contributed by atoms with Crippen molar-refractivity contribution in [3.05, 3.63) is 71.8 Å². The average molecular weight is 251 g/mol. The standard InChI is InChI=1S/C16H17N3/c17-15-18-12-16(19-15,14-9-5-2-6-10-14)11-13-7-3-1-4-8-13/h1-10H,11-12H2,(H3,17,18,19). The van der Waals surface area contributed by atoms with Crippen molar-refractivity contribution in [1.29, 1.82) is 0 Å². The number of rotatable bonds is 3. The lowest BCUT2D eigenvalue weighted by Gasteiger charge is -2.30. The first-order valence-corrected chi connectivity index (χ1v) is 6.46. The quantitative estimate of drug-likeness (QED) is 0.877. The van der Waals surface area contributed by atoms with Crippen LogP contribution in [-0.2, 0) is 12.0 Å². The minimum Gasteiger partial charge on any atom is -0.370 e. The molecule has 96 valence electrons. The molecule has 3 N–H and O–H groups in total. The van der Waals surface area contributed by atoms with Gasteiger partial charge in [-0.3, -0.25) is 4.99 Å². The number of hydrogen-bond acceptors (Lipinski definition) is 3. The number of hydrogen-bond donors (Lipinski definition) is 2. The van der Waals surface area contributed by atoms with Gasteiger partial charge < -0.3 is 11.1 Å². The van der Waals surface area contributed by atoms with Gasteiger partial charge in [0, 0.05) is 6.42 Å². The molecule has 0 amide bonds. The molecule has 1 unspecified atom stereocenters. The Morgan fingerprint density at radius 3 is 2.21 bits per heavy atom. The number of nitrogens with one attached hydrogen (secondary N) is 1. The molecule has 0 saturated carbocycles. The zero-order valence-corrected chi connectivity index (χ0v) is 10.7. The number of nitrogens with two attached hydrogens (primary N) is 1. The molecule has 0 saturated heterocycles. The molecule has 3 rings (SSSR count). The molecule has 1 aliphatic rings. The van der Waals surface area contributed by atoms with Gasteiger partial charge in [0.25, 0.3) is 0 Å². The van der Waals surface area contributed by atoms with Gasteiger partial charge in [0.2, 0.25) is 0 Å². The van der Waals surface area contributed by atoms with Crippen LogP contribution in [0.25, 0.3) is 0 Å². The molecule has 0 aliphatic carbocycles. The van der Waals surface area contributed by atoms with Gasteiger partial charge >= 0.3 is 0 Å². The van der Waals surface area contributed by atoms with Gasteiger partial charge in [-0.25, -0.2) is 0 Å². The van der Waals surface area contributed by atoms with Gasteiger partial charge in [-0.15, -0.1) is 0 Å². The summed E-state index contributed by atoms with van der Waals surface area (Å²) in [7, 11) is 0. The summed E-state index contributed by atoms with van der Waals surface area (Å²) in [5, 5.41) is 3.36. The van der Waals surface area contributed by atoms with Crippen molar-refractivity contribution in [3.8, 4) is 0 Å². The fraction of sp³-hybridized carbons (Fsp3) is 0.188. The molecule has 0 radical (unpaired) electrons. The molecule has 1 heterocycles. The highest BCUT2D eigenvalue weighted by atomic mass is 15.2. The van der Waals surface area contributed by atoms with Gasteiger partial charge in [-0.05, 0) is 11.1 Å². The van der Waals surface area contributed by atoms with E-state index in [1.165, 1.54) is 11.1 Å². The lowest BCUT2D eigenvalue weighted by molar-refractivity contribution is 0.427. The van der Waals surface area contributed by atoms with E-state index in [1.807, 2.05) is 12.1 Å². The zero-order chi connectivity index (χ0) is 13.1. The molecule has 0 bridgehead atoms. The Morgan fingerprint density at radius 1 is 1.00 bits per heavy atom. The molecular formula is C16H17N3. The monoisotopic (exact) mass is 251 g/mol. The van der Waals surface area contributed by atoms with Gasteiger partial charge in [0.1, 0.15) is 0 Å². The van der Waals surface area contributed by atoms with E-state index in [-0.39, 0.29) is 5.54 Å². The van der Waals surface area contributed by atoms with Crippen molar-refractivity contribution in [2.24, 2.45) is 10.7 Å². The summed E-state index contributed by atoms with van der Waals surface area (Å²) in [6.07, 6.45) is 0.877. The maximum absolute atomic E-state index is 5.84. The van der Waals surface area contributed by atoms with Crippen LogP contribution in [0.5, 0.6) is 0 Å². The molecule has 2 aromatic carbocycles. The van der Waals surface area contributed by atoms with Crippen molar-refractivity contribution >= 4 is 5.96 Å². The third-order valence-corrected chi connectivity index (χ3v) is 3.56. The van der Waals surface area contributed by atoms with E-state index >= 15 is 0 Å². The third-order valence-electron chi connectivity index (χ3n) is 3.56. The SMILES string of the molecule is NC1=NCC(Cc2ccccc2)(c2ccccc2)N1. The highest BCUT2D eigenvalue weighted by Gasteiger charge is 2.36. The Morgan fingerprint density at radius 2 is 1.63 bits per heavy atom. The summed E-state index contributed by atoms with van der Waals surface area (Å²) in [5.41, 5.74) is 8.13. The van der Waals surface area contributed by atoms with Crippen LogP contribution in [0.3, 0.4) is 0 Å². The van der Waals surface area contributed by atoms with Crippen LogP contribution < -0.4 is 11.1 Å². The van der Waals surface area contributed by atoms with E-state index < -0.39 is 0 Å². The van der Waals surface area contributed by atoms with Crippen LogP contribution in [0.2, 0.25) is 0 Å². The summed E-state index contributed by atoms with van der Waals surface area (Å²) in [6.45, 7) is 0.678. The fourth-order valence-electron chi connectivity index (χ4n) is 2.61. The normalized spacial score (nSPS) is 21.8. The zero-order valence-electron chi connectivity index (χ0n) is 10.7. The van der Waals surface area contributed by atoms with E-state index in [9.17, 15) is 0 Å². The smallest absolute Gasteiger partial charge is 0.189 e. The summed E-state index contributed by atoms with van der Waals surface area (Å²) in [6, 6.07) is 20.8. The van der Waals surface area contributed by atoms with E-state index in [2.05, 4.69) is 58.8 Å². The summed E-state index contributed by atoms with van der Waals surface area (Å²) in [5.74, 6) is 0.528. The second kappa shape index (κ2) is 4.76. The predicted octanol–water partition coefficient (Wildman–Crippen LogP) is 2.04. The van der Waals surface area contributed by atoms with Crippen molar-refractivity contribution in [1.82, 2.24) is 5.32 Å². The molecule has 1 atom stereocenters. The molecule has 19 heavy (non-hydrogen) atoms. The summed E-state index contributed by atoms with van der Waals surface area (Å²) >= 11 is 0. The topological polar surface area (TPSA) is 50.4 Å². The Bertz CT molecular complexity index is 577. The molecule has 2 aromatic rings. The van der Waals surface area contributed by atoms with Crippen molar-refractivity contribution in [3.63, 3.8) is 0 Å². The minimum absolute atomic E-state index is 0.216. The molecule has 3 heteroatoms. The molecular weight excluding hydrogens is 234 g/mol. The number of benzene rings is 2. The van der Waals surface area contributed by atoms with Crippen LogP contribution in [0.4, 0.5) is 0 Å². The summed E-state index contributed by atoms with van der Waals surface area (Å²) < 4.78 is 0. The lowest BCUT2D eigenvalue weighted by atomic mass is 9.84. The fourth-order valence-corrected chi connectivity index (χ4v) is 2.61. The van der Waals surface area contributed by atoms with Crippen LogP contribution in [0.15, 0.2) is 65.7 Å². The van der Waals surface area contributed by atoms with Crippen molar-refractivity contribution in [2.75, 3.05) is 6.54 Å². The molecule has 0 spiro atoms. The van der Waals surface area contributed by atoms with Crippen molar-refractivity contribution < 1.29 is 0 Å². The highest BCUT2D eigenvalue weighted by Crippen LogP contribution is 2.28. The van der Waals surface area contributed by atoms with E-state index in [4.69, 9.17) is 5.73 Å². The predicted molar refractivity (Wildman–Crippen MR) is 77.9 cm³/mol. The van der Waals surface area contributed by atoms with E-state index in [0.717, 1.165) is 6.42 Å². The largest absolute Gasteiger partial charge is 0.370 e. The van der Waals surface area contributed by atoms with Gasteiger partial charge in [0.05, 0.1) is 12.1 Å². The van der Waals surface area contributed by atoms with Gasteiger partial charge in [0.15, 0.2) is 5.96 Å². The Labute approximate surface area is 113 Å². The molecule has 3 nitrogen and oxygen atoms in total. The first kappa shape index (κ1) is 11.8. The Kier molecular flexibility index (Phi) is 2.95. The molecule has 1 aliphatic heterocycles. The van der Waals surface area contributed by atoms with Crippen LogP contribution in [0.1, 0.15) is 11.1 Å². The van der Waals surface area contributed by atoms with Crippen molar-refractivity contribution in [2.45, 2.75) is 12.0 Å². The molecule has 0 fully saturated rings. The average Bonchev–Trinajstić information content (AvgIpc) is 2.83. The summed E-state index contributed by atoms with van der Waals surface area (Å²) in [4.78, 5) is 4.35. The lowest BCUT2D eigenvalue weighted by Crippen LogP contribution is -2.47. The van der Waals surface area contributed by atoms with Crippen LogP contribution in [-0.4, -0.2) is 12.5 Å².